The fourth-order valence-corrected chi connectivity index (χ4v) is 3.43. The minimum absolute atomic E-state index is 0.00678. The number of carbonyl (C=O) groups is 2. The Balaban J connectivity index is 1.69. The van der Waals surface area contributed by atoms with Crippen LogP contribution in [0, 0.1) is 0 Å². The molecule has 3 rings (SSSR count). The van der Waals surface area contributed by atoms with Crippen LogP contribution in [0.15, 0.2) is 54.6 Å². The number of amides is 3. The lowest BCUT2D eigenvalue weighted by atomic mass is 9.89. The van der Waals surface area contributed by atoms with Crippen molar-refractivity contribution in [2.24, 2.45) is 0 Å². The van der Waals surface area contributed by atoms with E-state index >= 15 is 0 Å². The number of para-hydroxylation sites is 1. The molecule has 2 N–H and O–H groups in total. The summed E-state index contributed by atoms with van der Waals surface area (Å²) in [5.41, 5.74) is 2.53. The maximum absolute atomic E-state index is 12.6. The van der Waals surface area contributed by atoms with E-state index in [-0.39, 0.29) is 23.9 Å². The average molecular weight is 365 g/mol. The van der Waals surface area contributed by atoms with Crippen LogP contribution < -0.4 is 10.6 Å². The number of nitrogens with one attached hydrogen (secondary N) is 2. The Kier molecular flexibility index (Phi) is 6.12. The van der Waals surface area contributed by atoms with Crippen LogP contribution in [0.1, 0.15) is 48.5 Å². The predicted octanol–water partition coefficient (Wildman–Crippen LogP) is 4.24. The first-order valence-corrected chi connectivity index (χ1v) is 9.54. The number of nitrogens with zero attached hydrogens (tertiary/aromatic N) is 1. The first-order chi connectivity index (χ1) is 13.0. The van der Waals surface area contributed by atoms with Crippen molar-refractivity contribution < 1.29 is 9.59 Å². The molecule has 5 heteroatoms. The highest BCUT2D eigenvalue weighted by atomic mass is 16.2. The molecule has 1 aliphatic rings. The molecule has 1 atom stereocenters. The standard InChI is InChI=1S/C22H27N3O2/c1-16(2)23-22(27)25-13-7-10-19(15-25)17-8-6-9-18(14-17)21(26)24-20-11-4-3-5-12-20/h3-6,8-9,11-12,14,16,19H,7,10,13,15H2,1-2H3,(H,23,27)(H,24,26)/t19-/m0/s1. The normalized spacial score (nSPS) is 16.9. The van der Waals surface area contributed by atoms with Gasteiger partial charge in [-0.05, 0) is 56.5 Å². The fourth-order valence-electron chi connectivity index (χ4n) is 3.43. The topological polar surface area (TPSA) is 61.4 Å². The van der Waals surface area contributed by atoms with Crippen LogP contribution >= 0.6 is 0 Å². The van der Waals surface area contributed by atoms with Gasteiger partial charge in [0.15, 0.2) is 0 Å². The first kappa shape index (κ1) is 19.0. The van der Waals surface area contributed by atoms with E-state index in [2.05, 4.69) is 10.6 Å². The number of anilines is 1. The SMILES string of the molecule is CC(C)NC(=O)N1CCC[C@H](c2cccc(C(=O)Nc3ccccc3)c2)C1. The van der Waals surface area contributed by atoms with Gasteiger partial charge in [0, 0.05) is 36.3 Å². The van der Waals surface area contributed by atoms with E-state index in [1.165, 1.54) is 0 Å². The van der Waals surface area contributed by atoms with Crippen LogP contribution in [0.5, 0.6) is 0 Å². The molecule has 0 aromatic heterocycles. The Bertz CT molecular complexity index is 789. The molecule has 1 aliphatic heterocycles. The van der Waals surface area contributed by atoms with Gasteiger partial charge in [-0.1, -0.05) is 30.3 Å². The molecule has 1 fully saturated rings. The Morgan fingerprint density at radius 3 is 2.59 bits per heavy atom. The molecule has 27 heavy (non-hydrogen) atoms. The molecule has 142 valence electrons. The molecule has 0 bridgehead atoms. The van der Waals surface area contributed by atoms with Crippen LogP contribution in [-0.2, 0) is 0 Å². The van der Waals surface area contributed by atoms with E-state index in [1.54, 1.807) is 0 Å². The summed E-state index contributed by atoms with van der Waals surface area (Å²) in [7, 11) is 0. The van der Waals surface area contributed by atoms with Crippen molar-refractivity contribution in [1.82, 2.24) is 10.2 Å². The second kappa shape index (κ2) is 8.71. The minimum atomic E-state index is -0.117. The summed E-state index contributed by atoms with van der Waals surface area (Å²) in [6.45, 7) is 5.40. The van der Waals surface area contributed by atoms with Gasteiger partial charge in [0.2, 0.25) is 0 Å². The summed E-state index contributed by atoms with van der Waals surface area (Å²) >= 11 is 0. The lowest BCUT2D eigenvalue weighted by Crippen LogP contribution is -2.47. The van der Waals surface area contributed by atoms with Crippen LogP contribution in [0.25, 0.3) is 0 Å². The van der Waals surface area contributed by atoms with Crippen molar-refractivity contribution in [3.8, 4) is 0 Å². The van der Waals surface area contributed by atoms with E-state index in [4.69, 9.17) is 0 Å². The van der Waals surface area contributed by atoms with Gasteiger partial charge < -0.3 is 15.5 Å². The summed E-state index contributed by atoms with van der Waals surface area (Å²) in [6, 6.07) is 17.3. The Hall–Kier alpha value is -2.82. The van der Waals surface area contributed by atoms with Gasteiger partial charge in [0.05, 0.1) is 0 Å². The third-order valence-electron chi connectivity index (χ3n) is 4.77. The second-order valence-electron chi connectivity index (χ2n) is 7.33. The number of benzene rings is 2. The van der Waals surface area contributed by atoms with Crippen molar-refractivity contribution >= 4 is 17.6 Å². The number of carbonyl (C=O) groups excluding carboxylic acids is 2. The number of piperidine rings is 1. The van der Waals surface area contributed by atoms with E-state index in [9.17, 15) is 9.59 Å². The summed E-state index contributed by atoms with van der Waals surface area (Å²) in [6.07, 6.45) is 1.99. The zero-order valence-corrected chi connectivity index (χ0v) is 15.9. The third kappa shape index (κ3) is 5.09. The van der Waals surface area contributed by atoms with E-state index in [0.29, 0.717) is 12.1 Å². The second-order valence-corrected chi connectivity index (χ2v) is 7.33. The molecule has 0 radical (unpaired) electrons. The fraction of sp³-hybridized carbons (Fsp3) is 0.364. The van der Waals surface area contributed by atoms with Crippen LogP contribution in [-0.4, -0.2) is 36.0 Å². The van der Waals surface area contributed by atoms with Gasteiger partial charge in [-0.25, -0.2) is 4.79 Å². The smallest absolute Gasteiger partial charge is 0.317 e. The maximum atomic E-state index is 12.6. The highest BCUT2D eigenvalue weighted by Crippen LogP contribution is 2.27. The quantitative estimate of drug-likeness (QED) is 0.851. The number of hydrogen-bond acceptors (Lipinski definition) is 2. The Morgan fingerprint density at radius 1 is 1.07 bits per heavy atom. The average Bonchev–Trinajstić information content (AvgIpc) is 2.68. The minimum Gasteiger partial charge on any atom is -0.336 e. The van der Waals surface area contributed by atoms with Gasteiger partial charge in [-0.3, -0.25) is 4.79 Å². The number of rotatable bonds is 4. The molecule has 3 amide bonds. The van der Waals surface area contributed by atoms with Gasteiger partial charge >= 0.3 is 6.03 Å². The molecule has 2 aromatic rings. The van der Waals surface area contributed by atoms with Crippen LogP contribution in [0.3, 0.4) is 0 Å². The van der Waals surface area contributed by atoms with E-state index in [1.807, 2.05) is 73.3 Å². The highest BCUT2D eigenvalue weighted by molar-refractivity contribution is 6.04. The van der Waals surface area contributed by atoms with Gasteiger partial charge in [0.1, 0.15) is 0 Å². The Labute approximate surface area is 160 Å². The van der Waals surface area contributed by atoms with Crippen LogP contribution in [0.4, 0.5) is 10.5 Å². The number of urea groups is 1. The molecule has 0 spiro atoms. The van der Waals surface area contributed by atoms with E-state index < -0.39 is 0 Å². The lowest BCUT2D eigenvalue weighted by molar-refractivity contribution is 0.102. The maximum Gasteiger partial charge on any atom is 0.317 e. The van der Waals surface area contributed by atoms with Crippen molar-refractivity contribution in [2.45, 2.75) is 38.6 Å². The largest absolute Gasteiger partial charge is 0.336 e. The van der Waals surface area contributed by atoms with Gasteiger partial charge in [-0.2, -0.15) is 0 Å². The Morgan fingerprint density at radius 2 is 1.85 bits per heavy atom. The zero-order valence-electron chi connectivity index (χ0n) is 15.9. The highest BCUT2D eigenvalue weighted by Gasteiger charge is 2.25. The summed E-state index contributed by atoms with van der Waals surface area (Å²) in [5, 5.41) is 5.89. The molecule has 0 unspecified atom stereocenters. The number of likely N-dealkylation sites (tertiary alicyclic amines) is 1. The monoisotopic (exact) mass is 365 g/mol. The molecule has 1 saturated heterocycles. The summed E-state index contributed by atoms with van der Waals surface area (Å²) < 4.78 is 0. The number of hydrogen-bond donors (Lipinski definition) is 2. The van der Waals surface area contributed by atoms with Crippen molar-refractivity contribution in [3.63, 3.8) is 0 Å². The lowest BCUT2D eigenvalue weighted by Gasteiger charge is -2.33. The van der Waals surface area contributed by atoms with Crippen molar-refractivity contribution in [1.29, 1.82) is 0 Å². The molecule has 0 aliphatic carbocycles. The third-order valence-corrected chi connectivity index (χ3v) is 4.77. The molecule has 5 nitrogen and oxygen atoms in total. The zero-order chi connectivity index (χ0) is 19.2. The van der Waals surface area contributed by atoms with E-state index in [0.717, 1.165) is 30.6 Å². The first-order valence-electron chi connectivity index (χ1n) is 9.54. The van der Waals surface area contributed by atoms with Gasteiger partial charge in [-0.15, -0.1) is 0 Å². The summed E-state index contributed by atoms with van der Waals surface area (Å²) in [5.74, 6) is 0.134. The summed E-state index contributed by atoms with van der Waals surface area (Å²) in [4.78, 5) is 26.8. The molecule has 1 heterocycles. The molecule has 2 aromatic carbocycles. The van der Waals surface area contributed by atoms with Crippen molar-refractivity contribution in [3.05, 3.63) is 65.7 Å². The van der Waals surface area contributed by atoms with Crippen LogP contribution in [0.2, 0.25) is 0 Å². The molecular weight excluding hydrogens is 338 g/mol. The molecular formula is C22H27N3O2. The predicted molar refractivity (Wildman–Crippen MR) is 108 cm³/mol. The molecule has 0 saturated carbocycles. The van der Waals surface area contributed by atoms with Gasteiger partial charge in [0.25, 0.3) is 5.91 Å². The van der Waals surface area contributed by atoms with Crippen molar-refractivity contribution in [2.75, 3.05) is 18.4 Å².